The lowest BCUT2D eigenvalue weighted by molar-refractivity contribution is -0.414. The van der Waals surface area contributed by atoms with Gasteiger partial charge in [-0.1, -0.05) is 12.1 Å². The third-order valence-corrected chi connectivity index (χ3v) is 3.05. The summed E-state index contributed by atoms with van der Waals surface area (Å²) in [6.45, 7) is 0. The quantitative estimate of drug-likeness (QED) is 0.577. The molecule has 0 bridgehead atoms. The number of para-hydroxylation sites is 2. The second-order valence-corrected chi connectivity index (χ2v) is 4.21. The number of fused-ring (bicyclic) bond motifs is 3. The van der Waals surface area contributed by atoms with Crippen molar-refractivity contribution in [3.05, 3.63) is 46.4 Å². The zero-order valence-corrected chi connectivity index (χ0v) is 9.83. The van der Waals surface area contributed by atoms with Gasteiger partial charge in [0.15, 0.2) is 0 Å². The molecule has 2 heterocycles. The first-order chi connectivity index (χ1) is 9.09. The molecule has 0 saturated heterocycles. The minimum absolute atomic E-state index is 0.0646. The van der Waals surface area contributed by atoms with Crippen LogP contribution in [0.2, 0.25) is 0 Å². The highest BCUT2D eigenvalue weighted by atomic mass is 16.4. The molecule has 96 valence electrons. The molecular formula is C12H11N4O3+. The van der Waals surface area contributed by atoms with Crippen LogP contribution in [-0.4, -0.2) is 25.4 Å². The summed E-state index contributed by atoms with van der Waals surface area (Å²) in [5, 5.41) is 8.95. The standard InChI is InChI=1S/C12H10N4O3/c13-9(11(18)19)6-5-14-12-15-7-3-1-2-4-8(7)16(12)10(6)17/h1-5,9H,13H2,(H,14,15)(H,18,19)/p+1. The fraction of sp³-hybridized carbons (Fsp3) is 0.0833. The van der Waals surface area contributed by atoms with E-state index in [9.17, 15) is 9.59 Å². The molecule has 2 aromatic heterocycles. The maximum absolute atomic E-state index is 12.3. The van der Waals surface area contributed by atoms with Crippen molar-refractivity contribution in [1.82, 2.24) is 14.4 Å². The number of nitrogens with one attached hydrogen (secondary N) is 1. The number of H-pyrrole nitrogens is 1. The van der Waals surface area contributed by atoms with Gasteiger partial charge in [0.1, 0.15) is 5.56 Å². The third-order valence-electron chi connectivity index (χ3n) is 3.05. The molecule has 0 amide bonds. The monoisotopic (exact) mass is 259 g/mol. The van der Waals surface area contributed by atoms with E-state index in [0.717, 1.165) is 5.52 Å². The maximum Gasteiger partial charge on any atom is 0.367 e. The van der Waals surface area contributed by atoms with Crippen molar-refractivity contribution in [2.75, 3.05) is 0 Å². The smallest absolute Gasteiger partial charge is 0.367 e. The molecule has 0 aliphatic rings. The van der Waals surface area contributed by atoms with Crippen LogP contribution in [0.4, 0.5) is 0 Å². The molecule has 3 rings (SSSR count). The number of nitrogens with zero attached hydrogens (tertiary/aromatic N) is 2. The van der Waals surface area contributed by atoms with Gasteiger partial charge in [-0.15, -0.1) is 0 Å². The summed E-state index contributed by atoms with van der Waals surface area (Å²) in [5.74, 6) is -0.772. The Kier molecular flexibility index (Phi) is 2.36. The molecule has 7 nitrogen and oxygen atoms in total. The van der Waals surface area contributed by atoms with E-state index in [1.54, 1.807) is 12.1 Å². The SMILES string of the molecule is [NH3+]C(C(=O)O)c1cnc2[nH]c3ccccc3n2c1=O. The molecule has 5 N–H and O–H groups in total. The van der Waals surface area contributed by atoms with Gasteiger partial charge in [0, 0.05) is 6.20 Å². The average molecular weight is 259 g/mol. The van der Waals surface area contributed by atoms with Crippen LogP contribution < -0.4 is 11.3 Å². The molecule has 3 aromatic rings. The van der Waals surface area contributed by atoms with Crippen molar-refractivity contribution in [1.29, 1.82) is 0 Å². The number of rotatable bonds is 2. The van der Waals surface area contributed by atoms with Gasteiger partial charge in [0.25, 0.3) is 5.56 Å². The number of quaternary nitrogens is 1. The lowest BCUT2D eigenvalue weighted by atomic mass is 10.1. The van der Waals surface area contributed by atoms with Crippen molar-refractivity contribution in [3.63, 3.8) is 0 Å². The molecular weight excluding hydrogens is 248 g/mol. The van der Waals surface area contributed by atoms with Gasteiger partial charge in [-0.2, -0.15) is 0 Å². The Hall–Kier alpha value is -2.67. The van der Waals surface area contributed by atoms with Crippen molar-refractivity contribution in [2.24, 2.45) is 0 Å². The van der Waals surface area contributed by atoms with Crippen LogP contribution in [0.5, 0.6) is 0 Å². The van der Waals surface area contributed by atoms with E-state index in [2.05, 4.69) is 15.7 Å². The zero-order valence-electron chi connectivity index (χ0n) is 9.83. The topological polar surface area (TPSA) is 115 Å². The van der Waals surface area contributed by atoms with Gasteiger partial charge >= 0.3 is 5.97 Å². The fourth-order valence-corrected chi connectivity index (χ4v) is 2.05. The highest BCUT2D eigenvalue weighted by Gasteiger charge is 2.24. The Balaban J connectivity index is 2.41. The van der Waals surface area contributed by atoms with Crippen LogP contribution >= 0.6 is 0 Å². The summed E-state index contributed by atoms with van der Waals surface area (Å²) >= 11 is 0. The van der Waals surface area contributed by atoms with Gasteiger partial charge < -0.3 is 15.8 Å². The number of aromatic amines is 1. The Morgan fingerprint density at radius 3 is 2.89 bits per heavy atom. The summed E-state index contributed by atoms with van der Waals surface area (Å²) < 4.78 is 1.37. The minimum atomic E-state index is -1.15. The van der Waals surface area contributed by atoms with E-state index in [4.69, 9.17) is 5.11 Å². The molecule has 0 spiro atoms. The van der Waals surface area contributed by atoms with Crippen LogP contribution in [0.1, 0.15) is 11.6 Å². The van der Waals surface area contributed by atoms with Crippen molar-refractivity contribution < 1.29 is 15.6 Å². The van der Waals surface area contributed by atoms with Crippen LogP contribution in [0, 0.1) is 0 Å². The fourth-order valence-electron chi connectivity index (χ4n) is 2.05. The Bertz CT molecular complexity index is 849. The summed E-state index contributed by atoms with van der Waals surface area (Å²) in [5.41, 5.74) is 4.55. The molecule has 0 fully saturated rings. The average Bonchev–Trinajstić information content (AvgIpc) is 2.77. The minimum Gasteiger partial charge on any atom is -0.477 e. The molecule has 0 aliphatic carbocycles. The number of hydrogen-bond donors (Lipinski definition) is 3. The number of carbonyl (C=O) groups is 1. The maximum atomic E-state index is 12.3. The molecule has 1 atom stereocenters. The lowest BCUT2D eigenvalue weighted by Gasteiger charge is -2.02. The van der Waals surface area contributed by atoms with Crippen LogP contribution in [0.25, 0.3) is 16.8 Å². The number of hydrogen-bond acceptors (Lipinski definition) is 3. The molecule has 7 heteroatoms. The highest BCUT2D eigenvalue weighted by Crippen LogP contribution is 2.13. The van der Waals surface area contributed by atoms with Gasteiger partial charge in [-0.25, -0.2) is 14.2 Å². The van der Waals surface area contributed by atoms with Gasteiger partial charge in [-0.3, -0.25) is 4.79 Å². The number of aliphatic carboxylic acids is 1. The van der Waals surface area contributed by atoms with E-state index in [0.29, 0.717) is 11.3 Å². The lowest BCUT2D eigenvalue weighted by Crippen LogP contribution is -2.59. The highest BCUT2D eigenvalue weighted by molar-refractivity contribution is 5.79. The van der Waals surface area contributed by atoms with Crippen molar-refractivity contribution in [2.45, 2.75) is 6.04 Å². The van der Waals surface area contributed by atoms with E-state index in [-0.39, 0.29) is 5.56 Å². The van der Waals surface area contributed by atoms with E-state index >= 15 is 0 Å². The van der Waals surface area contributed by atoms with Gasteiger partial charge in [0.2, 0.25) is 11.8 Å². The number of imidazole rings is 1. The van der Waals surface area contributed by atoms with Crippen molar-refractivity contribution >= 4 is 22.8 Å². The van der Waals surface area contributed by atoms with Crippen LogP contribution in [0.3, 0.4) is 0 Å². The van der Waals surface area contributed by atoms with Crippen molar-refractivity contribution in [3.8, 4) is 0 Å². The van der Waals surface area contributed by atoms with Gasteiger partial charge in [0.05, 0.1) is 11.0 Å². The molecule has 19 heavy (non-hydrogen) atoms. The first-order valence-electron chi connectivity index (χ1n) is 5.64. The zero-order chi connectivity index (χ0) is 13.6. The third kappa shape index (κ3) is 1.59. The first kappa shape index (κ1) is 11.4. The molecule has 1 unspecified atom stereocenters. The van der Waals surface area contributed by atoms with E-state index < -0.39 is 17.6 Å². The van der Waals surface area contributed by atoms with Crippen LogP contribution in [-0.2, 0) is 4.79 Å². The second kappa shape index (κ2) is 3.92. The number of aromatic nitrogens is 3. The number of carboxylic acid groups (broad SMARTS) is 1. The predicted octanol–water partition coefficient (Wildman–Crippen LogP) is -0.457. The summed E-state index contributed by atoms with van der Waals surface area (Å²) in [7, 11) is 0. The van der Waals surface area contributed by atoms with E-state index in [1.165, 1.54) is 10.6 Å². The molecule has 0 radical (unpaired) electrons. The summed E-state index contributed by atoms with van der Waals surface area (Å²) in [6, 6.07) is 6.09. The molecule has 0 aliphatic heterocycles. The molecule has 1 aromatic carbocycles. The summed E-state index contributed by atoms with van der Waals surface area (Å²) in [6.07, 6.45) is 1.26. The first-order valence-corrected chi connectivity index (χ1v) is 5.64. The van der Waals surface area contributed by atoms with E-state index in [1.807, 2.05) is 12.1 Å². The Morgan fingerprint density at radius 1 is 1.42 bits per heavy atom. The number of carboxylic acids is 1. The van der Waals surface area contributed by atoms with Crippen LogP contribution in [0.15, 0.2) is 35.3 Å². The number of benzene rings is 1. The Morgan fingerprint density at radius 2 is 2.16 bits per heavy atom. The normalized spacial score (nSPS) is 12.9. The summed E-state index contributed by atoms with van der Waals surface area (Å²) in [4.78, 5) is 30.4. The predicted molar refractivity (Wildman–Crippen MR) is 66.6 cm³/mol. The largest absolute Gasteiger partial charge is 0.477 e. The molecule has 0 saturated carbocycles. The van der Waals surface area contributed by atoms with Gasteiger partial charge in [-0.05, 0) is 12.1 Å². The second-order valence-electron chi connectivity index (χ2n) is 4.21. The Labute approximate surface area is 106 Å².